The minimum atomic E-state index is -0.0831. The lowest BCUT2D eigenvalue weighted by Crippen LogP contribution is -2.43. The number of rotatable bonds is 5. The van der Waals surface area contributed by atoms with Crippen LogP contribution in [0.15, 0.2) is 59.4 Å². The van der Waals surface area contributed by atoms with Crippen LogP contribution in [0.5, 0.6) is 0 Å². The number of hydrogen-bond acceptors (Lipinski definition) is 4. The fourth-order valence-electron chi connectivity index (χ4n) is 3.68. The monoisotopic (exact) mass is 392 g/mol. The Bertz CT molecular complexity index is 984. The molecular weight excluding hydrogens is 368 g/mol. The third-order valence-electron chi connectivity index (χ3n) is 5.28. The summed E-state index contributed by atoms with van der Waals surface area (Å²) in [5, 5.41) is 2.94. The molecule has 150 valence electrons. The van der Waals surface area contributed by atoms with Gasteiger partial charge >= 0.3 is 0 Å². The standard InChI is InChI=1S/C22H24N4O3/c1-16-6-7-19(29-16)15-24-21(27)17-8-12-25(13-9-17)22(28)20-5-3-11-26(20)18-4-2-10-23-14-18/h2-7,10-11,14,17H,8-9,12-13,15H2,1H3,(H,24,27). The Kier molecular flexibility index (Phi) is 5.46. The summed E-state index contributed by atoms with van der Waals surface area (Å²) in [7, 11) is 0. The van der Waals surface area contributed by atoms with Crippen LogP contribution >= 0.6 is 0 Å². The number of furan rings is 1. The van der Waals surface area contributed by atoms with Crippen molar-refractivity contribution in [2.75, 3.05) is 13.1 Å². The van der Waals surface area contributed by atoms with Gasteiger partial charge in [0.25, 0.3) is 5.91 Å². The van der Waals surface area contributed by atoms with Crippen LogP contribution in [-0.4, -0.2) is 39.4 Å². The molecule has 3 aromatic rings. The van der Waals surface area contributed by atoms with Crippen molar-refractivity contribution in [3.63, 3.8) is 0 Å². The molecule has 3 aromatic heterocycles. The molecule has 1 N–H and O–H groups in total. The average Bonchev–Trinajstić information content (AvgIpc) is 3.41. The summed E-state index contributed by atoms with van der Waals surface area (Å²) >= 11 is 0. The van der Waals surface area contributed by atoms with E-state index in [1.165, 1.54) is 0 Å². The van der Waals surface area contributed by atoms with Gasteiger partial charge in [-0.05, 0) is 56.2 Å². The van der Waals surface area contributed by atoms with Crippen molar-refractivity contribution in [3.05, 3.63) is 72.2 Å². The molecule has 0 saturated carbocycles. The first-order chi connectivity index (χ1) is 14.1. The van der Waals surface area contributed by atoms with Crippen molar-refractivity contribution in [1.82, 2.24) is 19.8 Å². The van der Waals surface area contributed by atoms with Gasteiger partial charge in [-0.1, -0.05) is 0 Å². The Hall–Kier alpha value is -3.35. The van der Waals surface area contributed by atoms with Gasteiger partial charge in [0.1, 0.15) is 17.2 Å². The summed E-state index contributed by atoms with van der Waals surface area (Å²) in [6.07, 6.45) is 6.61. The van der Waals surface area contributed by atoms with Gasteiger partial charge in [-0.25, -0.2) is 0 Å². The van der Waals surface area contributed by atoms with E-state index in [1.807, 2.05) is 59.0 Å². The third-order valence-corrected chi connectivity index (χ3v) is 5.28. The lowest BCUT2D eigenvalue weighted by atomic mass is 9.95. The van der Waals surface area contributed by atoms with Gasteiger partial charge in [-0.2, -0.15) is 0 Å². The Morgan fingerprint density at radius 1 is 1.17 bits per heavy atom. The quantitative estimate of drug-likeness (QED) is 0.724. The molecule has 0 atom stereocenters. The van der Waals surface area contributed by atoms with E-state index in [0.717, 1.165) is 17.2 Å². The van der Waals surface area contributed by atoms with Crippen LogP contribution in [-0.2, 0) is 11.3 Å². The molecule has 0 bridgehead atoms. The number of likely N-dealkylation sites (tertiary alicyclic amines) is 1. The number of piperidine rings is 1. The third kappa shape index (κ3) is 4.23. The van der Waals surface area contributed by atoms with Gasteiger partial charge in [0.15, 0.2) is 0 Å². The molecule has 4 rings (SSSR count). The van der Waals surface area contributed by atoms with E-state index in [4.69, 9.17) is 4.42 Å². The summed E-state index contributed by atoms with van der Waals surface area (Å²) in [6, 6.07) is 11.2. The fourth-order valence-corrected chi connectivity index (χ4v) is 3.68. The highest BCUT2D eigenvalue weighted by Crippen LogP contribution is 2.21. The van der Waals surface area contributed by atoms with Crippen LogP contribution in [0, 0.1) is 12.8 Å². The predicted molar refractivity (Wildman–Crippen MR) is 107 cm³/mol. The Morgan fingerprint density at radius 2 is 2.00 bits per heavy atom. The van der Waals surface area contributed by atoms with Crippen LogP contribution in [0.3, 0.4) is 0 Å². The molecule has 7 heteroatoms. The highest BCUT2D eigenvalue weighted by Gasteiger charge is 2.29. The zero-order chi connectivity index (χ0) is 20.2. The van der Waals surface area contributed by atoms with Crippen LogP contribution in [0.2, 0.25) is 0 Å². The molecule has 1 saturated heterocycles. The lowest BCUT2D eigenvalue weighted by molar-refractivity contribution is -0.126. The molecule has 7 nitrogen and oxygen atoms in total. The zero-order valence-corrected chi connectivity index (χ0v) is 16.4. The zero-order valence-electron chi connectivity index (χ0n) is 16.4. The predicted octanol–water partition coefficient (Wildman–Crippen LogP) is 2.94. The molecule has 1 fully saturated rings. The molecule has 2 amide bonds. The Balaban J connectivity index is 1.33. The van der Waals surface area contributed by atoms with E-state index in [9.17, 15) is 9.59 Å². The summed E-state index contributed by atoms with van der Waals surface area (Å²) in [5.41, 5.74) is 1.46. The smallest absolute Gasteiger partial charge is 0.270 e. The summed E-state index contributed by atoms with van der Waals surface area (Å²) < 4.78 is 7.33. The van der Waals surface area contributed by atoms with Crippen LogP contribution in [0.4, 0.5) is 0 Å². The number of aromatic nitrogens is 2. The average molecular weight is 392 g/mol. The maximum absolute atomic E-state index is 13.0. The SMILES string of the molecule is Cc1ccc(CNC(=O)C2CCN(C(=O)c3cccn3-c3cccnc3)CC2)o1. The number of carbonyl (C=O) groups excluding carboxylic acids is 2. The molecule has 0 unspecified atom stereocenters. The number of aryl methyl sites for hydroxylation is 1. The largest absolute Gasteiger partial charge is 0.465 e. The van der Waals surface area contributed by atoms with Gasteiger partial charge in [-0.15, -0.1) is 0 Å². The first kappa shape index (κ1) is 19.0. The number of pyridine rings is 1. The van der Waals surface area contributed by atoms with Crippen molar-refractivity contribution in [2.45, 2.75) is 26.3 Å². The summed E-state index contributed by atoms with van der Waals surface area (Å²) in [5.74, 6) is 1.49. The second-order valence-electron chi connectivity index (χ2n) is 7.27. The minimum Gasteiger partial charge on any atom is -0.465 e. The topological polar surface area (TPSA) is 80.4 Å². The normalized spacial score (nSPS) is 14.7. The van der Waals surface area contributed by atoms with E-state index in [-0.39, 0.29) is 17.7 Å². The minimum absolute atomic E-state index is 0.0184. The summed E-state index contributed by atoms with van der Waals surface area (Å²) in [6.45, 7) is 3.40. The second-order valence-corrected chi connectivity index (χ2v) is 7.27. The lowest BCUT2D eigenvalue weighted by Gasteiger charge is -2.31. The molecule has 1 aliphatic rings. The fraction of sp³-hybridized carbons (Fsp3) is 0.318. The highest BCUT2D eigenvalue weighted by atomic mass is 16.3. The van der Waals surface area contributed by atoms with Gasteiger partial charge < -0.3 is 19.2 Å². The molecule has 0 radical (unpaired) electrons. The number of hydrogen-bond donors (Lipinski definition) is 1. The summed E-state index contributed by atoms with van der Waals surface area (Å²) in [4.78, 5) is 31.4. The van der Waals surface area contributed by atoms with E-state index in [0.29, 0.717) is 38.2 Å². The van der Waals surface area contributed by atoms with Crippen LogP contribution in [0.1, 0.15) is 34.9 Å². The Morgan fingerprint density at radius 3 is 2.69 bits per heavy atom. The number of carbonyl (C=O) groups is 2. The maximum atomic E-state index is 13.0. The molecule has 4 heterocycles. The van der Waals surface area contributed by atoms with Gasteiger partial charge in [0.05, 0.1) is 18.4 Å². The number of nitrogens with zero attached hydrogens (tertiary/aromatic N) is 3. The molecule has 0 spiro atoms. The molecular formula is C22H24N4O3. The number of nitrogens with one attached hydrogen (secondary N) is 1. The highest BCUT2D eigenvalue weighted by molar-refractivity contribution is 5.93. The molecule has 0 aromatic carbocycles. The van der Waals surface area contributed by atoms with Crippen LogP contribution < -0.4 is 5.32 Å². The molecule has 1 aliphatic heterocycles. The number of amides is 2. The van der Waals surface area contributed by atoms with Crippen molar-refractivity contribution >= 4 is 11.8 Å². The van der Waals surface area contributed by atoms with Crippen molar-refractivity contribution in [3.8, 4) is 5.69 Å². The van der Waals surface area contributed by atoms with E-state index >= 15 is 0 Å². The van der Waals surface area contributed by atoms with Crippen molar-refractivity contribution in [2.24, 2.45) is 5.92 Å². The van der Waals surface area contributed by atoms with Gasteiger partial charge in [-0.3, -0.25) is 14.6 Å². The van der Waals surface area contributed by atoms with Crippen molar-refractivity contribution in [1.29, 1.82) is 0 Å². The Labute approximate surface area is 169 Å². The van der Waals surface area contributed by atoms with E-state index in [1.54, 1.807) is 12.4 Å². The van der Waals surface area contributed by atoms with Crippen LogP contribution in [0.25, 0.3) is 5.69 Å². The second kappa shape index (κ2) is 8.34. The molecule has 29 heavy (non-hydrogen) atoms. The van der Waals surface area contributed by atoms with Crippen molar-refractivity contribution < 1.29 is 14.0 Å². The first-order valence-electron chi connectivity index (χ1n) is 9.82. The van der Waals surface area contributed by atoms with E-state index < -0.39 is 0 Å². The first-order valence-corrected chi connectivity index (χ1v) is 9.82. The maximum Gasteiger partial charge on any atom is 0.270 e. The van der Waals surface area contributed by atoms with Gasteiger partial charge in [0, 0.05) is 31.4 Å². The van der Waals surface area contributed by atoms with Gasteiger partial charge in [0.2, 0.25) is 5.91 Å². The molecule has 0 aliphatic carbocycles. The van der Waals surface area contributed by atoms with E-state index in [2.05, 4.69) is 10.3 Å².